The van der Waals surface area contributed by atoms with Crippen molar-refractivity contribution in [3.05, 3.63) is 33.8 Å². The molecule has 1 aliphatic rings. The molecule has 1 aromatic rings. The molecule has 0 atom stereocenters. The molecule has 0 spiro atoms. The average Bonchev–Trinajstić information content (AvgIpc) is 2.83. The second-order valence-corrected chi connectivity index (χ2v) is 5.64. The number of hydrogen-bond donors (Lipinski definition) is 3. The first-order chi connectivity index (χ1) is 11.0. The molecule has 7 nitrogen and oxygen atoms in total. The number of nitrogens with zero attached hydrogens (tertiary/aromatic N) is 2. The highest BCUT2D eigenvalue weighted by molar-refractivity contribution is 14.0. The molecular weight excluding hydrogens is 468 g/mol. The molecule has 1 aliphatic heterocycles. The van der Waals surface area contributed by atoms with Gasteiger partial charge in [0.15, 0.2) is 5.96 Å². The van der Waals surface area contributed by atoms with E-state index >= 15 is 0 Å². The number of urea groups is 1. The Bertz CT molecular complexity index is 626. The molecule has 0 aliphatic carbocycles. The van der Waals surface area contributed by atoms with Crippen molar-refractivity contribution >= 4 is 65.1 Å². The first kappa shape index (κ1) is 20.8. The van der Waals surface area contributed by atoms with E-state index < -0.39 is 0 Å². The third-order valence-electron chi connectivity index (χ3n) is 3.25. The van der Waals surface area contributed by atoms with E-state index in [1.165, 1.54) is 0 Å². The fourth-order valence-electron chi connectivity index (χ4n) is 2.03. The molecule has 1 fully saturated rings. The van der Waals surface area contributed by atoms with Crippen LogP contribution in [0.2, 0.25) is 10.0 Å². The molecule has 0 unspecified atom stereocenters. The zero-order valence-electron chi connectivity index (χ0n) is 12.9. The van der Waals surface area contributed by atoms with Crippen molar-refractivity contribution in [2.24, 2.45) is 4.99 Å². The van der Waals surface area contributed by atoms with Gasteiger partial charge in [0.2, 0.25) is 5.91 Å². The zero-order valence-corrected chi connectivity index (χ0v) is 16.8. The standard InChI is InChI=1S/C14H17Cl2N5O2.HI/c1-17-13(18-4-5-21-12(22)8-20-14(21)23)19-7-9-2-3-10(15)6-11(9)16;/h2-3,6H,4-5,7-8H2,1H3,(H,20,23)(H2,17,18,19);1H. The Morgan fingerprint density at radius 2 is 2.08 bits per heavy atom. The van der Waals surface area contributed by atoms with Gasteiger partial charge in [-0.1, -0.05) is 29.3 Å². The summed E-state index contributed by atoms with van der Waals surface area (Å²) in [5.74, 6) is 0.316. The van der Waals surface area contributed by atoms with Crippen LogP contribution in [-0.4, -0.2) is 49.5 Å². The molecule has 132 valence electrons. The number of carbonyl (C=O) groups excluding carboxylic acids is 2. The summed E-state index contributed by atoms with van der Waals surface area (Å²) in [6.07, 6.45) is 0. The monoisotopic (exact) mass is 485 g/mol. The second kappa shape index (κ2) is 9.90. The molecule has 3 amide bonds. The third-order valence-corrected chi connectivity index (χ3v) is 3.84. The van der Waals surface area contributed by atoms with Crippen LogP contribution in [0.3, 0.4) is 0 Å². The number of nitrogens with one attached hydrogen (secondary N) is 3. The Balaban J connectivity index is 0.00000288. The van der Waals surface area contributed by atoms with Crippen molar-refractivity contribution in [3.8, 4) is 0 Å². The maximum Gasteiger partial charge on any atom is 0.324 e. The molecule has 3 N–H and O–H groups in total. The van der Waals surface area contributed by atoms with Crippen LogP contribution < -0.4 is 16.0 Å². The largest absolute Gasteiger partial charge is 0.355 e. The van der Waals surface area contributed by atoms with E-state index in [2.05, 4.69) is 20.9 Å². The van der Waals surface area contributed by atoms with Crippen molar-refractivity contribution in [2.45, 2.75) is 6.54 Å². The van der Waals surface area contributed by atoms with E-state index in [9.17, 15) is 9.59 Å². The number of aliphatic imine (C=N–C) groups is 1. The van der Waals surface area contributed by atoms with Crippen molar-refractivity contribution in [1.82, 2.24) is 20.9 Å². The van der Waals surface area contributed by atoms with Crippen molar-refractivity contribution in [2.75, 3.05) is 26.7 Å². The fourth-order valence-corrected chi connectivity index (χ4v) is 2.51. The van der Waals surface area contributed by atoms with E-state index in [0.717, 1.165) is 10.5 Å². The summed E-state index contributed by atoms with van der Waals surface area (Å²) in [4.78, 5) is 28.1. The van der Waals surface area contributed by atoms with Gasteiger partial charge in [0.1, 0.15) is 0 Å². The first-order valence-corrected chi connectivity index (χ1v) is 7.73. The average molecular weight is 486 g/mol. The van der Waals surface area contributed by atoms with Crippen LogP contribution in [0.1, 0.15) is 5.56 Å². The van der Waals surface area contributed by atoms with Gasteiger partial charge in [-0.05, 0) is 17.7 Å². The number of amides is 3. The van der Waals surface area contributed by atoms with Crippen molar-refractivity contribution in [1.29, 1.82) is 0 Å². The van der Waals surface area contributed by atoms with Gasteiger partial charge in [0.05, 0.1) is 6.54 Å². The molecule has 1 saturated heterocycles. The highest BCUT2D eigenvalue weighted by Gasteiger charge is 2.27. The molecular formula is C14H18Cl2IN5O2. The van der Waals surface area contributed by atoms with Gasteiger partial charge in [-0.3, -0.25) is 14.7 Å². The van der Waals surface area contributed by atoms with E-state index in [4.69, 9.17) is 23.2 Å². The summed E-state index contributed by atoms with van der Waals surface area (Å²) < 4.78 is 0. The maximum atomic E-state index is 11.4. The summed E-state index contributed by atoms with van der Waals surface area (Å²) >= 11 is 12.0. The number of imide groups is 1. The van der Waals surface area contributed by atoms with E-state index in [-0.39, 0.29) is 49.0 Å². The first-order valence-electron chi connectivity index (χ1n) is 6.98. The summed E-state index contributed by atoms with van der Waals surface area (Å²) in [7, 11) is 1.63. The van der Waals surface area contributed by atoms with Gasteiger partial charge in [0.25, 0.3) is 0 Å². The van der Waals surface area contributed by atoms with Crippen LogP contribution in [0.4, 0.5) is 4.79 Å². The Labute approximate surface area is 167 Å². The third kappa shape index (κ3) is 5.67. The number of halogens is 3. The van der Waals surface area contributed by atoms with Crippen LogP contribution in [0, 0.1) is 0 Å². The highest BCUT2D eigenvalue weighted by atomic mass is 127. The molecule has 1 aromatic carbocycles. The van der Waals surface area contributed by atoms with Crippen LogP contribution in [0.25, 0.3) is 0 Å². The van der Waals surface area contributed by atoms with Crippen LogP contribution in [-0.2, 0) is 11.3 Å². The minimum absolute atomic E-state index is 0. The number of carbonyl (C=O) groups is 2. The molecule has 0 bridgehead atoms. The van der Waals surface area contributed by atoms with Gasteiger partial charge >= 0.3 is 6.03 Å². The van der Waals surface area contributed by atoms with Gasteiger partial charge in [-0.15, -0.1) is 24.0 Å². The Hall–Kier alpha value is -1.26. The Morgan fingerprint density at radius 1 is 1.33 bits per heavy atom. The van der Waals surface area contributed by atoms with E-state index in [1.807, 2.05) is 6.07 Å². The van der Waals surface area contributed by atoms with Crippen molar-refractivity contribution < 1.29 is 9.59 Å². The molecule has 1 heterocycles. The quantitative estimate of drug-likeness (QED) is 0.257. The Kier molecular flexibility index (Phi) is 8.57. The van der Waals surface area contributed by atoms with Crippen LogP contribution >= 0.6 is 47.2 Å². The zero-order chi connectivity index (χ0) is 16.8. The van der Waals surface area contributed by atoms with E-state index in [1.54, 1.807) is 19.2 Å². The molecule has 24 heavy (non-hydrogen) atoms. The number of hydrogen-bond acceptors (Lipinski definition) is 3. The molecule has 0 radical (unpaired) electrons. The van der Waals surface area contributed by atoms with Crippen LogP contribution in [0.15, 0.2) is 23.2 Å². The second-order valence-electron chi connectivity index (χ2n) is 4.79. The lowest BCUT2D eigenvalue weighted by Gasteiger charge is -2.15. The normalized spacial score (nSPS) is 14.3. The van der Waals surface area contributed by atoms with Gasteiger partial charge in [-0.25, -0.2) is 4.79 Å². The van der Waals surface area contributed by atoms with Gasteiger partial charge in [-0.2, -0.15) is 0 Å². The maximum absolute atomic E-state index is 11.4. The topological polar surface area (TPSA) is 85.8 Å². The van der Waals surface area contributed by atoms with Gasteiger partial charge in [0, 0.05) is 36.7 Å². The summed E-state index contributed by atoms with van der Waals surface area (Å²) in [6, 6.07) is 4.90. The highest BCUT2D eigenvalue weighted by Crippen LogP contribution is 2.20. The minimum Gasteiger partial charge on any atom is -0.355 e. The molecule has 2 rings (SSSR count). The number of rotatable bonds is 5. The lowest BCUT2D eigenvalue weighted by atomic mass is 10.2. The summed E-state index contributed by atoms with van der Waals surface area (Å²) in [5.41, 5.74) is 0.883. The SMILES string of the molecule is CN=C(NCCN1C(=O)CNC1=O)NCc1ccc(Cl)cc1Cl.I. The predicted molar refractivity (Wildman–Crippen MR) is 105 cm³/mol. The lowest BCUT2D eigenvalue weighted by molar-refractivity contribution is -0.124. The molecule has 0 aromatic heterocycles. The van der Waals surface area contributed by atoms with Gasteiger partial charge < -0.3 is 16.0 Å². The summed E-state index contributed by atoms with van der Waals surface area (Å²) in [5, 5.41) is 9.75. The fraction of sp³-hybridized carbons (Fsp3) is 0.357. The van der Waals surface area contributed by atoms with Crippen molar-refractivity contribution in [3.63, 3.8) is 0 Å². The lowest BCUT2D eigenvalue weighted by Crippen LogP contribution is -2.43. The summed E-state index contributed by atoms with van der Waals surface area (Å²) in [6.45, 7) is 1.19. The molecule has 0 saturated carbocycles. The van der Waals surface area contributed by atoms with Crippen LogP contribution in [0.5, 0.6) is 0 Å². The van der Waals surface area contributed by atoms with E-state index in [0.29, 0.717) is 29.1 Å². The smallest absolute Gasteiger partial charge is 0.324 e. The Morgan fingerprint density at radius 3 is 2.67 bits per heavy atom. The molecule has 10 heteroatoms. The predicted octanol–water partition coefficient (Wildman–Crippen LogP) is 1.83. The number of guanidine groups is 1. The number of benzene rings is 1. The minimum atomic E-state index is -0.368.